The molecular weight excluding hydrogens is 683 g/mol. The van der Waals surface area contributed by atoms with Gasteiger partial charge in [0.15, 0.2) is 18.3 Å². The van der Waals surface area contributed by atoms with Crippen LogP contribution in [0.2, 0.25) is 0 Å². The van der Waals surface area contributed by atoms with Crippen LogP contribution in [-0.2, 0) is 52.3 Å². The number of rotatable bonds is 4. The molecule has 0 saturated carbocycles. The van der Waals surface area contributed by atoms with Gasteiger partial charge >= 0.3 is 69.9 Å². The van der Waals surface area contributed by atoms with Gasteiger partial charge in [-0.05, 0) is 0 Å². The molecule has 0 bridgehead atoms. The smallest absolute Gasteiger partial charge is 0.748 e. The monoisotopic (exact) mass is 708 g/mol. The van der Waals surface area contributed by atoms with Crippen LogP contribution in [0, 0.1) is 0 Å². The van der Waals surface area contributed by atoms with Gasteiger partial charge in [0.05, 0.1) is 29.6 Å². The summed E-state index contributed by atoms with van der Waals surface area (Å²) in [6.45, 7) is 0.126. The van der Waals surface area contributed by atoms with Gasteiger partial charge in [0.2, 0.25) is 9.05 Å². The second-order valence-electron chi connectivity index (χ2n) is 6.14. The zero-order chi connectivity index (χ0) is 30.4. The van der Waals surface area contributed by atoms with Crippen LogP contribution in [0.3, 0.4) is 0 Å². The third kappa shape index (κ3) is 44.6. The number of carbonyl (C=O) groups is 3. The molecule has 1 N–H and O–H groups in total. The first-order chi connectivity index (χ1) is 17.4. The minimum Gasteiger partial charge on any atom is -0.748 e. The molecule has 3 atom stereocenters. The van der Waals surface area contributed by atoms with E-state index in [1.165, 1.54) is 0 Å². The molecule has 3 saturated heterocycles. The maximum Gasteiger partial charge on any atom is 1.00 e. The van der Waals surface area contributed by atoms with E-state index in [0.717, 1.165) is 6.26 Å². The average molecular weight is 709 g/mol. The number of carbonyl (C=O) groups excluding carboxylic acids is 3. The van der Waals surface area contributed by atoms with Crippen LogP contribution in [0.1, 0.15) is 0 Å². The summed E-state index contributed by atoms with van der Waals surface area (Å²) in [5.41, 5.74) is 0. The summed E-state index contributed by atoms with van der Waals surface area (Å²) in [5.74, 6) is 0. The van der Waals surface area contributed by atoms with Crippen molar-refractivity contribution in [1.29, 1.82) is 0 Å². The Kier molecular flexibility index (Phi) is 35.3. The van der Waals surface area contributed by atoms with E-state index in [0.29, 0.717) is 19.5 Å². The van der Waals surface area contributed by atoms with E-state index in [1.807, 2.05) is 0 Å². The summed E-state index contributed by atoms with van der Waals surface area (Å²) in [7, 11) is -1.06. The van der Waals surface area contributed by atoms with E-state index in [9.17, 15) is 35.0 Å². The summed E-state index contributed by atoms with van der Waals surface area (Å²) < 4.78 is 108. The van der Waals surface area contributed by atoms with Crippen molar-refractivity contribution in [2.75, 3.05) is 59.3 Å². The van der Waals surface area contributed by atoms with Crippen molar-refractivity contribution in [1.82, 2.24) is 0 Å². The zero-order valence-corrected chi connectivity index (χ0v) is 27.5. The Hall–Kier alpha value is -0.414. The standard InChI is InChI=1S/C5H8O4.C4H5FO3.C4H6O4.CH3ClO2S.CH4O3S.F2S.FH.K/c1-7-2-4-3-8-5(6)9-4;2*5-1-3-2-7-4(6)8-3;2*1-5(2,3)4;1-3-2;;/h4H,2-3H2,1H3;3H,1-2H2;3,5H,1-2H2;1H3;1H3,(H,2,3,4);;1H;/q;;;;;;;+1/p-1. The van der Waals surface area contributed by atoms with E-state index < -0.39 is 69.1 Å². The molecule has 0 aromatic heterocycles. The summed E-state index contributed by atoms with van der Waals surface area (Å²) in [5, 5.41) is 8.33. The van der Waals surface area contributed by atoms with Crippen LogP contribution in [0.25, 0.3) is 0 Å². The van der Waals surface area contributed by atoms with E-state index in [-0.39, 0.29) is 82.0 Å². The van der Waals surface area contributed by atoms with Crippen molar-refractivity contribution >= 4 is 60.9 Å². The largest absolute Gasteiger partial charge is 1.00 e. The van der Waals surface area contributed by atoms with Gasteiger partial charge in [0.1, 0.15) is 26.5 Å². The molecule has 0 aromatic carbocycles. The molecule has 3 rings (SSSR count). The van der Waals surface area contributed by atoms with Gasteiger partial charge in [-0.2, -0.15) is 0 Å². The number of alkyl halides is 1. The molecule has 236 valence electrons. The quantitative estimate of drug-likeness (QED) is 0.0845. The Morgan fingerprint density at radius 3 is 1.35 bits per heavy atom. The Bertz CT molecular complexity index is 815. The van der Waals surface area contributed by atoms with Gasteiger partial charge < -0.3 is 42.8 Å². The Morgan fingerprint density at radius 1 is 0.925 bits per heavy atom. The van der Waals surface area contributed by atoms with Gasteiger partial charge in [-0.15, -0.1) is 7.77 Å². The zero-order valence-electron chi connectivity index (χ0n) is 21.2. The first-order valence-corrected chi connectivity index (χ1v) is 14.4. The Morgan fingerprint density at radius 2 is 1.20 bits per heavy atom. The van der Waals surface area contributed by atoms with Crippen LogP contribution < -0.4 is 51.4 Å². The number of aliphatic hydroxyl groups excluding tert-OH is 1. The van der Waals surface area contributed by atoms with Crippen LogP contribution in [0.4, 0.5) is 31.2 Å². The molecule has 0 aliphatic carbocycles. The van der Waals surface area contributed by atoms with Crippen molar-refractivity contribution in [3.63, 3.8) is 0 Å². The molecule has 3 aliphatic rings. The summed E-state index contributed by atoms with van der Waals surface area (Å²) in [4.78, 5) is 30.3. The van der Waals surface area contributed by atoms with Gasteiger partial charge in [0, 0.05) is 24.0 Å². The predicted octanol–water partition coefficient (Wildman–Crippen LogP) is -1.84. The normalized spacial score (nSPS) is 19.9. The van der Waals surface area contributed by atoms with Crippen LogP contribution in [0.5, 0.6) is 0 Å². The topological polar surface area (TPSA) is 227 Å². The second kappa shape index (κ2) is 28.7. The van der Waals surface area contributed by atoms with Gasteiger partial charge in [-0.1, -0.05) is 0 Å². The number of methoxy groups -OCH3 is 1. The summed E-state index contributed by atoms with van der Waals surface area (Å²) in [6, 6.07) is 0. The number of ether oxygens (including phenoxy) is 7. The fourth-order valence-corrected chi connectivity index (χ4v) is 1.53. The van der Waals surface area contributed by atoms with E-state index in [2.05, 4.69) is 39.1 Å². The number of aliphatic hydroxyl groups is 1. The molecule has 3 unspecified atom stereocenters. The second-order valence-corrected chi connectivity index (χ2v) is 10.7. The Labute approximate surface area is 278 Å². The van der Waals surface area contributed by atoms with Crippen molar-refractivity contribution < 1.29 is 142 Å². The average Bonchev–Trinajstić information content (AvgIpc) is 3.49. The SMILES string of the molecule is COCC1COC(=O)O1.CS(=O)(=O)Cl.CS(=O)(=O)[O-].F.FSF.O=C1OCC(CF)O1.O=C1OCC(CO)O1.[K+]. The van der Waals surface area contributed by atoms with E-state index in [4.69, 9.17) is 22.8 Å². The molecule has 0 radical (unpaired) electrons. The van der Waals surface area contributed by atoms with Crippen molar-refractivity contribution in [2.45, 2.75) is 18.3 Å². The first kappa shape index (κ1) is 49.3. The van der Waals surface area contributed by atoms with Crippen LogP contribution >= 0.6 is 23.2 Å². The Balaban J connectivity index is -0.000000125. The van der Waals surface area contributed by atoms with Crippen molar-refractivity contribution in [3.05, 3.63) is 0 Å². The molecule has 3 fully saturated rings. The molecule has 0 amide bonds. The molecule has 25 heteroatoms. The fourth-order valence-electron chi connectivity index (χ4n) is 1.53. The number of hydrogen-bond donors (Lipinski definition) is 1. The third-order valence-corrected chi connectivity index (χ3v) is 2.68. The molecular formula is C15H26ClF4KO16S3. The van der Waals surface area contributed by atoms with Crippen LogP contribution in [-0.4, -0.2) is 123 Å². The fraction of sp³-hybridized carbons (Fsp3) is 0.800. The maximum absolute atomic E-state index is 11.5. The molecule has 3 heterocycles. The summed E-state index contributed by atoms with van der Waals surface area (Å²) >= 11 is -1.25. The van der Waals surface area contributed by atoms with Crippen molar-refractivity contribution in [3.8, 4) is 0 Å². The van der Waals surface area contributed by atoms with Crippen LogP contribution in [0.15, 0.2) is 0 Å². The third-order valence-electron chi connectivity index (χ3n) is 2.68. The van der Waals surface area contributed by atoms with E-state index >= 15 is 0 Å². The number of halogens is 5. The van der Waals surface area contributed by atoms with Gasteiger partial charge in [-0.3, -0.25) is 4.70 Å². The number of cyclic esters (lactones) is 6. The molecule has 16 nitrogen and oxygen atoms in total. The van der Waals surface area contributed by atoms with Gasteiger partial charge in [0.25, 0.3) is 12.5 Å². The van der Waals surface area contributed by atoms with Crippen molar-refractivity contribution in [2.24, 2.45) is 0 Å². The van der Waals surface area contributed by atoms with Gasteiger partial charge in [-0.25, -0.2) is 35.6 Å². The number of hydrogen-bond acceptors (Lipinski definition) is 17. The minimum absolute atomic E-state index is 0. The maximum atomic E-state index is 11.5. The molecule has 3 aliphatic heterocycles. The first-order valence-electron chi connectivity index (χ1n) is 9.25. The summed E-state index contributed by atoms with van der Waals surface area (Å²) in [6.07, 6.45) is -1.84. The minimum atomic E-state index is -3.92. The molecule has 0 aromatic rings. The predicted molar refractivity (Wildman–Crippen MR) is 122 cm³/mol. The molecule has 40 heavy (non-hydrogen) atoms. The molecule has 0 spiro atoms. The van der Waals surface area contributed by atoms with E-state index in [1.54, 1.807) is 7.11 Å².